The molecule has 1 aliphatic rings. The smallest absolute Gasteiger partial charge is 0.255 e. The van der Waals surface area contributed by atoms with Crippen molar-refractivity contribution in [3.63, 3.8) is 0 Å². The van der Waals surface area contributed by atoms with Gasteiger partial charge in [0.1, 0.15) is 5.82 Å². The van der Waals surface area contributed by atoms with Crippen molar-refractivity contribution in [2.24, 2.45) is 11.8 Å². The Balaban J connectivity index is 2.00. The van der Waals surface area contributed by atoms with E-state index in [9.17, 15) is 4.79 Å². The van der Waals surface area contributed by atoms with Crippen LogP contribution in [0.5, 0.6) is 0 Å². The number of carbonyl (C=O) groups is 1. The van der Waals surface area contributed by atoms with Gasteiger partial charge in [-0.1, -0.05) is 0 Å². The summed E-state index contributed by atoms with van der Waals surface area (Å²) in [4.78, 5) is 17.7. The second kappa shape index (κ2) is 4.49. The molecule has 1 fully saturated rings. The van der Waals surface area contributed by atoms with Crippen molar-refractivity contribution in [3.8, 4) is 0 Å². The minimum atomic E-state index is 0.0166. The molecule has 0 spiro atoms. The van der Waals surface area contributed by atoms with Gasteiger partial charge in [-0.05, 0) is 30.9 Å². The van der Waals surface area contributed by atoms with Gasteiger partial charge in [-0.25, -0.2) is 10.8 Å². The van der Waals surface area contributed by atoms with Gasteiger partial charge in [-0.3, -0.25) is 4.79 Å². The summed E-state index contributed by atoms with van der Waals surface area (Å²) in [6.45, 7) is 0.843. The summed E-state index contributed by atoms with van der Waals surface area (Å²) in [7, 11) is 1.83. The first-order valence-electron chi connectivity index (χ1n) is 5.39. The van der Waals surface area contributed by atoms with Gasteiger partial charge >= 0.3 is 0 Å². The number of nitrogens with zero attached hydrogens (tertiary/aromatic N) is 2. The molecular weight excluding hydrogens is 204 g/mol. The van der Waals surface area contributed by atoms with Gasteiger partial charge in [0.25, 0.3) is 5.91 Å². The molecular formula is C11H16N4O. The lowest BCUT2D eigenvalue weighted by Crippen LogP contribution is -2.28. The molecule has 0 bridgehead atoms. The number of rotatable bonds is 4. The van der Waals surface area contributed by atoms with Crippen LogP contribution in [-0.4, -0.2) is 29.4 Å². The average molecular weight is 220 g/mol. The minimum Gasteiger partial charge on any atom is -0.341 e. The van der Waals surface area contributed by atoms with Crippen molar-refractivity contribution in [2.75, 3.05) is 19.0 Å². The SMILES string of the molecule is CN(CC1CC1)C(=O)c1ccc(NN)nc1. The molecule has 5 nitrogen and oxygen atoms in total. The Hall–Kier alpha value is -1.62. The van der Waals surface area contributed by atoms with E-state index in [-0.39, 0.29) is 5.91 Å². The Kier molecular flexibility index (Phi) is 3.05. The van der Waals surface area contributed by atoms with Gasteiger partial charge < -0.3 is 10.3 Å². The number of nitrogen functional groups attached to an aromatic ring is 1. The zero-order valence-corrected chi connectivity index (χ0v) is 9.31. The van der Waals surface area contributed by atoms with Crippen LogP contribution in [0, 0.1) is 5.92 Å². The van der Waals surface area contributed by atoms with Gasteiger partial charge in [-0.2, -0.15) is 0 Å². The molecule has 1 heterocycles. The molecule has 0 atom stereocenters. The van der Waals surface area contributed by atoms with Crippen LogP contribution in [0.1, 0.15) is 23.2 Å². The van der Waals surface area contributed by atoms with E-state index in [2.05, 4.69) is 10.4 Å². The summed E-state index contributed by atoms with van der Waals surface area (Å²) in [6, 6.07) is 3.42. The van der Waals surface area contributed by atoms with E-state index >= 15 is 0 Å². The Labute approximate surface area is 94.6 Å². The molecule has 0 saturated heterocycles. The fourth-order valence-electron chi connectivity index (χ4n) is 1.60. The van der Waals surface area contributed by atoms with E-state index < -0.39 is 0 Å². The van der Waals surface area contributed by atoms with Crippen molar-refractivity contribution in [1.29, 1.82) is 0 Å². The highest BCUT2D eigenvalue weighted by molar-refractivity contribution is 5.93. The van der Waals surface area contributed by atoms with Crippen LogP contribution in [-0.2, 0) is 0 Å². The van der Waals surface area contributed by atoms with Crippen LogP contribution in [0.3, 0.4) is 0 Å². The van der Waals surface area contributed by atoms with Crippen LogP contribution in [0.15, 0.2) is 18.3 Å². The predicted octanol–water partition coefficient (Wildman–Crippen LogP) is 0.849. The highest BCUT2D eigenvalue weighted by atomic mass is 16.2. The molecule has 0 aliphatic heterocycles. The lowest BCUT2D eigenvalue weighted by Gasteiger charge is -2.16. The predicted molar refractivity (Wildman–Crippen MR) is 61.7 cm³/mol. The molecule has 2 rings (SSSR count). The van der Waals surface area contributed by atoms with Crippen molar-refractivity contribution >= 4 is 11.7 Å². The average Bonchev–Trinajstić information content (AvgIpc) is 3.12. The zero-order valence-electron chi connectivity index (χ0n) is 9.31. The van der Waals surface area contributed by atoms with E-state index in [0.29, 0.717) is 17.3 Å². The maximum atomic E-state index is 11.9. The van der Waals surface area contributed by atoms with E-state index in [1.54, 1.807) is 23.2 Å². The highest BCUT2D eigenvalue weighted by Crippen LogP contribution is 2.29. The molecule has 1 saturated carbocycles. The third kappa shape index (κ3) is 2.49. The number of hydrazine groups is 1. The molecule has 0 radical (unpaired) electrons. The van der Waals surface area contributed by atoms with E-state index in [0.717, 1.165) is 6.54 Å². The third-order valence-electron chi connectivity index (χ3n) is 2.73. The Morgan fingerprint density at radius 3 is 2.88 bits per heavy atom. The molecule has 1 aromatic heterocycles. The van der Waals surface area contributed by atoms with E-state index in [1.807, 2.05) is 7.05 Å². The number of hydrogen-bond acceptors (Lipinski definition) is 4. The monoisotopic (exact) mass is 220 g/mol. The molecule has 3 N–H and O–H groups in total. The standard InChI is InChI=1S/C11H16N4O/c1-15(7-8-2-3-8)11(16)9-4-5-10(14-12)13-6-9/h4-6,8H,2-3,7,12H2,1H3,(H,13,14). The Morgan fingerprint density at radius 1 is 1.62 bits per heavy atom. The zero-order chi connectivity index (χ0) is 11.5. The molecule has 5 heteroatoms. The molecule has 16 heavy (non-hydrogen) atoms. The number of nitrogens with two attached hydrogens (primary N) is 1. The maximum absolute atomic E-state index is 11.9. The van der Waals surface area contributed by atoms with Gasteiger partial charge in [0.05, 0.1) is 5.56 Å². The quantitative estimate of drug-likeness (QED) is 0.583. The Morgan fingerprint density at radius 2 is 2.38 bits per heavy atom. The summed E-state index contributed by atoms with van der Waals surface area (Å²) in [5, 5.41) is 0. The van der Waals surface area contributed by atoms with Gasteiger partial charge in [0, 0.05) is 19.8 Å². The third-order valence-corrected chi connectivity index (χ3v) is 2.73. The second-order valence-corrected chi connectivity index (χ2v) is 4.21. The van der Waals surface area contributed by atoms with Crippen molar-refractivity contribution in [3.05, 3.63) is 23.9 Å². The molecule has 0 aromatic carbocycles. The highest BCUT2D eigenvalue weighted by Gasteiger charge is 2.25. The Bertz CT molecular complexity index is 372. The van der Waals surface area contributed by atoms with Gasteiger partial charge in [0.2, 0.25) is 0 Å². The normalized spacial score (nSPS) is 14.6. The largest absolute Gasteiger partial charge is 0.341 e. The summed E-state index contributed by atoms with van der Waals surface area (Å²) < 4.78 is 0. The summed E-state index contributed by atoms with van der Waals surface area (Å²) in [5.41, 5.74) is 3.03. The molecule has 1 aromatic rings. The molecule has 1 aliphatic carbocycles. The molecule has 86 valence electrons. The molecule has 1 amide bonds. The lowest BCUT2D eigenvalue weighted by atomic mass is 10.2. The van der Waals surface area contributed by atoms with Crippen LogP contribution in [0.25, 0.3) is 0 Å². The first kappa shape index (κ1) is 10.9. The topological polar surface area (TPSA) is 71.2 Å². The van der Waals surface area contributed by atoms with Crippen molar-refractivity contribution < 1.29 is 4.79 Å². The summed E-state index contributed by atoms with van der Waals surface area (Å²) in [6.07, 6.45) is 4.03. The van der Waals surface area contributed by atoms with Gasteiger partial charge in [-0.15, -0.1) is 0 Å². The van der Waals surface area contributed by atoms with Gasteiger partial charge in [0.15, 0.2) is 0 Å². The fraction of sp³-hybridized carbons (Fsp3) is 0.455. The number of amides is 1. The van der Waals surface area contributed by atoms with E-state index in [4.69, 9.17) is 5.84 Å². The van der Waals surface area contributed by atoms with Crippen molar-refractivity contribution in [1.82, 2.24) is 9.88 Å². The summed E-state index contributed by atoms with van der Waals surface area (Å²) in [5.74, 6) is 6.48. The number of aromatic nitrogens is 1. The second-order valence-electron chi connectivity index (χ2n) is 4.21. The number of nitrogens with one attached hydrogen (secondary N) is 1. The minimum absolute atomic E-state index is 0.0166. The van der Waals surface area contributed by atoms with Crippen LogP contribution in [0.4, 0.5) is 5.82 Å². The summed E-state index contributed by atoms with van der Waals surface area (Å²) >= 11 is 0. The van der Waals surface area contributed by atoms with Crippen LogP contribution < -0.4 is 11.3 Å². The van der Waals surface area contributed by atoms with Crippen molar-refractivity contribution in [2.45, 2.75) is 12.8 Å². The maximum Gasteiger partial charge on any atom is 0.255 e. The number of hydrogen-bond donors (Lipinski definition) is 2. The molecule has 0 unspecified atom stereocenters. The lowest BCUT2D eigenvalue weighted by molar-refractivity contribution is 0.0788. The number of carbonyl (C=O) groups excluding carboxylic acids is 1. The van der Waals surface area contributed by atoms with Crippen LogP contribution >= 0.6 is 0 Å². The first-order chi connectivity index (χ1) is 7.70. The fourth-order valence-corrected chi connectivity index (χ4v) is 1.60. The number of pyridine rings is 1. The number of anilines is 1. The first-order valence-corrected chi connectivity index (χ1v) is 5.39. The van der Waals surface area contributed by atoms with Crippen LogP contribution in [0.2, 0.25) is 0 Å². The van der Waals surface area contributed by atoms with E-state index in [1.165, 1.54) is 12.8 Å².